The highest BCUT2D eigenvalue weighted by atomic mass is 16.3. The number of aliphatic hydroxyl groups is 1. The molecule has 3 heteroatoms. The van der Waals surface area contributed by atoms with Gasteiger partial charge in [-0.2, -0.15) is 5.10 Å². The largest absolute Gasteiger partial charge is 0.388 e. The van der Waals surface area contributed by atoms with Crippen LogP contribution in [0.1, 0.15) is 34.2 Å². The van der Waals surface area contributed by atoms with Crippen LogP contribution in [0, 0.1) is 20.8 Å². The van der Waals surface area contributed by atoms with Crippen LogP contribution in [0.25, 0.3) is 0 Å². The zero-order valence-corrected chi connectivity index (χ0v) is 11.4. The van der Waals surface area contributed by atoms with Crippen LogP contribution in [0.15, 0.2) is 24.3 Å². The number of hydrogen-bond acceptors (Lipinski definition) is 2. The van der Waals surface area contributed by atoms with Gasteiger partial charge in [0.15, 0.2) is 0 Å². The van der Waals surface area contributed by atoms with Gasteiger partial charge >= 0.3 is 0 Å². The Bertz CT molecular complexity index is 558. The fourth-order valence-electron chi connectivity index (χ4n) is 2.36. The van der Waals surface area contributed by atoms with E-state index < -0.39 is 6.10 Å². The van der Waals surface area contributed by atoms with E-state index in [1.54, 1.807) is 0 Å². The minimum atomic E-state index is -0.472. The van der Waals surface area contributed by atoms with Gasteiger partial charge in [0.2, 0.25) is 0 Å². The van der Waals surface area contributed by atoms with Crippen molar-refractivity contribution in [2.45, 2.75) is 33.3 Å². The van der Waals surface area contributed by atoms with Crippen molar-refractivity contribution in [1.82, 2.24) is 9.78 Å². The molecule has 1 aromatic carbocycles. The van der Waals surface area contributed by atoms with Crippen molar-refractivity contribution in [3.63, 3.8) is 0 Å². The van der Waals surface area contributed by atoms with Crippen LogP contribution in [-0.4, -0.2) is 14.9 Å². The van der Waals surface area contributed by atoms with E-state index in [1.165, 1.54) is 5.56 Å². The van der Waals surface area contributed by atoms with E-state index in [2.05, 4.69) is 18.1 Å². The van der Waals surface area contributed by atoms with Crippen molar-refractivity contribution < 1.29 is 5.11 Å². The maximum Gasteiger partial charge on any atom is 0.0847 e. The summed E-state index contributed by atoms with van der Waals surface area (Å²) in [6.07, 6.45) is 0.127. The molecule has 0 aliphatic rings. The first kappa shape index (κ1) is 12.8. The van der Waals surface area contributed by atoms with Gasteiger partial charge < -0.3 is 5.11 Å². The van der Waals surface area contributed by atoms with Crippen molar-refractivity contribution in [2.24, 2.45) is 7.05 Å². The van der Waals surface area contributed by atoms with Crippen LogP contribution in [0.5, 0.6) is 0 Å². The third-order valence-corrected chi connectivity index (χ3v) is 3.29. The van der Waals surface area contributed by atoms with Gasteiger partial charge in [-0.1, -0.05) is 23.8 Å². The zero-order valence-electron chi connectivity index (χ0n) is 11.4. The molecule has 1 aromatic heterocycles. The van der Waals surface area contributed by atoms with Crippen LogP contribution in [0.2, 0.25) is 0 Å². The highest BCUT2D eigenvalue weighted by Crippen LogP contribution is 2.22. The molecule has 0 aliphatic heterocycles. The lowest BCUT2D eigenvalue weighted by Gasteiger charge is -2.14. The minimum absolute atomic E-state index is 0.472. The fourth-order valence-corrected chi connectivity index (χ4v) is 2.36. The average molecular weight is 244 g/mol. The summed E-state index contributed by atoms with van der Waals surface area (Å²) in [4.78, 5) is 0. The number of aryl methyl sites for hydroxylation is 4. The molecule has 0 bridgehead atoms. The van der Waals surface area contributed by atoms with Gasteiger partial charge in [-0.15, -0.1) is 0 Å². The molecule has 1 N–H and O–H groups in total. The minimum Gasteiger partial charge on any atom is -0.388 e. The van der Waals surface area contributed by atoms with Crippen molar-refractivity contribution in [3.05, 3.63) is 52.3 Å². The second kappa shape index (κ2) is 4.94. The number of nitrogens with zero attached hydrogens (tertiary/aromatic N) is 2. The summed E-state index contributed by atoms with van der Waals surface area (Å²) in [5, 5.41) is 14.6. The Morgan fingerprint density at radius 1 is 1.22 bits per heavy atom. The van der Waals surface area contributed by atoms with Gasteiger partial charge in [0, 0.05) is 19.2 Å². The molecule has 0 saturated carbocycles. The van der Waals surface area contributed by atoms with Gasteiger partial charge in [0.05, 0.1) is 11.8 Å². The predicted molar refractivity (Wildman–Crippen MR) is 72.5 cm³/mol. The van der Waals surface area contributed by atoms with Gasteiger partial charge in [-0.05, 0) is 38.0 Å². The molecule has 0 amide bonds. The van der Waals surface area contributed by atoms with E-state index in [-0.39, 0.29) is 0 Å². The van der Waals surface area contributed by atoms with Crippen molar-refractivity contribution >= 4 is 0 Å². The van der Waals surface area contributed by atoms with Gasteiger partial charge in [0.1, 0.15) is 0 Å². The van der Waals surface area contributed by atoms with E-state index >= 15 is 0 Å². The Hall–Kier alpha value is -1.61. The van der Waals surface area contributed by atoms with E-state index in [9.17, 15) is 5.11 Å². The van der Waals surface area contributed by atoms with E-state index in [0.717, 1.165) is 22.5 Å². The smallest absolute Gasteiger partial charge is 0.0847 e. The van der Waals surface area contributed by atoms with Crippen LogP contribution in [-0.2, 0) is 13.5 Å². The molecule has 1 atom stereocenters. The number of hydrogen-bond donors (Lipinski definition) is 1. The number of benzene rings is 1. The van der Waals surface area contributed by atoms with Crippen molar-refractivity contribution in [1.29, 1.82) is 0 Å². The highest BCUT2D eigenvalue weighted by Gasteiger charge is 2.13. The van der Waals surface area contributed by atoms with Gasteiger partial charge in [-0.25, -0.2) is 0 Å². The monoisotopic (exact) mass is 244 g/mol. The standard InChI is InChI=1S/C15H20N2O/c1-10-5-6-14(11(2)7-10)15(18)9-13-8-12(3)16-17(13)4/h5-8,15,18H,9H2,1-4H3. The Labute approximate surface area is 108 Å². The number of rotatable bonds is 3. The molecule has 0 spiro atoms. The molecule has 1 unspecified atom stereocenters. The summed E-state index contributed by atoms with van der Waals surface area (Å²) in [7, 11) is 1.91. The molecule has 1 heterocycles. The fraction of sp³-hybridized carbons (Fsp3) is 0.400. The summed E-state index contributed by atoms with van der Waals surface area (Å²) >= 11 is 0. The Morgan fingerprint density at radius 3 is 2.50 bits per heavy atom. The van der Waals surface area contributed by atoms with E-state index in [0.29, 0.717) is 6.42 Å². The predicted octanol–water partition coefficient (Wildman–Crippen LogP) is 2.62. The van der Waals surface area contributed by atoms with Crippen LogP contribution in [0.3, 0.4) is 0 Å². The second-order valence-electron chi connectivity index (χ2n) is 4.98. The van der Waals surface area contributed by atoms with Crippen LogP contribution < -0.4 is 0 Å². The molecule has 3 nitrogen and oxygen atoms in total. The first-order valence-electron chi connectivity index (χ1n) is 6.22. The Balaban J connectivity index is 2.21. The molecular weight excluding hydrogens is 224 g/mol. The summed E-state index contributed by atoms with van der Waals surface area (Å²) in [6.45, 7) is 6.07. The second-order valence-corrected chi connectivity index (χ2v) is 4.98. The maximum atomic E-state index is 10.3. The van der Waals surface area contributed by atoms with Crippen molar-refractivity contribution in [3.8, 4) is 0 Å². The van der Waals surface area contributed by atoms with Gasteiger partial charge in [-0.3, -0.25) is 4.68 Å². The first-order chi connectivity index (χ1) is 8.47. The summed E-state index contributed by atoms with van der Waals surface area (Å²) < 4.78 is 1.84. The molecular formula is C15H20N2O. The first-order valence-corrected chi connectivity index (χ1v) is 6.22. The normalized spacial score (nSPS) is 12.7. The van der Waals surface area contributed by atoms with Gasteiger partial charge in [0.25, 0.3) is 0 Å². The molecule has 0 aliphatic carbocycles. The quantitative estimate of drug-likeness (QED) is 0.901. The van der Waals surface area contributed by atoms with Crippen LogP contribution >= 0.6 is 0 Å². The third-order valence-electron chi connectivity index (χ3n) is 3.29. The highest BCUT2D eigenvalue weighted by molar-refractivity contribution is 5.32. The molecule has 0 radical (unpaired) electrons. The lowest BCUT2D eigenvalue weighted by molar-refractivity contribution is 0.175. The lowest BCUT2D eigenvalue weighted by Crippen LogP contribution is -2.07. The zero-order chi connectivity index (χ0) is 13.3. The maximum absolute atomic E-state index is 10.3. The van der Waals surface area contributed by atoms with E-state index in [1.807, 2.05) is 43.8 Å². The molecule has 96 valence electrons. The summed E-state index contributed by atoms with van der Waals surface area (Å²) in [5.74, 6) is 0. The molecule has 0 fully saturated rings. The number of aromatic nitrogens is 2. The lowest BCUT2D eigenvalue weighted by atomic mass is 9.98. The average Bonchev–Trinajstić information content (AvgIpc) is 2.57. The van der Waals surface area contributed by atoms with Crippen LogP contribution in [0.4, 0.5) is 0 Å². The number of aliphatic hydroxyl groups excluding tert-OH is 1. The summed E-state index contributed by atoms with van der Waals surface area (Å²) in [6, 6.07) is 8.18. The third kappa shape index (κ3) is 2.62. The van der Waals surface area contributed by atoms with E-state index in [4.69, 9.17) is 0 Å². The van der Waals surface area contributed by atoms with Crippen molar-refractivity contribution in [2.75, 3.05) is 0 Å². The molecule has 2 rings (SSSR count). The Kier molecular flexibility index (Phi) is 3.53. The molecule has 0 saturated heterocycles. The topological polar surface area (TPSA) is 38.1 Å². The Morgan fingerprint density at radius 2 is 1.94 bits per heavy atom. The molecule has 2 aromatic rings. The SMILES string of the molecule is Cc1ccc(C(O)Cc2cc(C)nn2C)c(C)c1. The summed E-state index contributed by atoms with van der Waals surface area (Å²) in [5.41, 5.74) is 5.40. The molecule has 18 heavy (non-hydrogen) atoms.